The zero-order valence-electron chi connectivity index (χ0n) is 11.3. The average molecular weight is 288 g/mol. The molecule has 5 heteroatoms. The lowest BCUT2D eigenvalue weighted by molar-refractivity contribution is 0.112. The maximum Gasteiger partial charge on any atom is 0.0931 e. The number of thiophene rings is 1. The molecule has 3 nitrogen and oxygen atoms in total. The van der Waals surface area contributed by atoms with Crippen LogP contribution < -0.4 is 5.32 Å². The summed E-state index contributed by atoms with van der Waals surface area (Å²) in [4.78, 5) is 4.85. The SMILES string of the molecule is CC(NCC1CN(C)CCN1C)c1csc(Cl)c1. The van der Waals surface area contributed by atoms with Crippen molar-refractivity contribution in [2.45, 2.75) is 19.0 Å². The number of nitrogens with one attached hydrogen (secondary N) is 1. The summed E-state index contributed by atoms with van der Waals surface area (Å²) in [6.45, 7) is 6.69. The molecule has 2 unspecified atom stereocenters. The van der Waals surface area contributed by atoms with E-state index >= 15 is 0 Å². The first-order chi connectivity index (χ1) is 8.56. The van der Waals surface area contributed by atoms with E-state index < -0.39 is 0 Å². The van der Waals surface area contributed by atoms with Crippen LogP contribution in [0.15, 0.2) is 11.4 Å². The topological polar surface area (TPSA) is 18.5 Å². The standard InChI is InChI=1S/C13H22ClN3S/c1-10(11-6-13(14)18-9-11)15-7-12-8-16(2)4-5-17(12)3/h6,9-10,12,15H,4-5,7-8H2,1-3H3. The Morgan fingerprint density at radius 3 is 2.94 bits per heavy atom. The van der Waals surface area contributed by atoms with E-state index in [-0.39, 0.29) is 0 Å². The molecule has 1 aromatic rings. The number of halogens is 1. The van der Waals surface area contributed by atoms with Crippen molar-refractivity contribution < 1.29 is 0 Å². The molecule has 1 fully saturated rings. The number of hydrogen-bond donors (Lipinski definition) is 1. The molecule has 0 radical (unpaired) electrons. The molecule has 1 N–H and O–H groups in total. The van der Waals surface area contributed by atoms with Gasteiger partial charge in [-0.2, -0.15) is 0 Å². The summed E-state index contributed by atoms with van der Waals surface area (Å²) in [5.41, 5.74) is 1.29. The second-order valence-corrected chi connectivity index (χ2v) is 6.75. The molecule has 18 heavy (non-hydrogen) atoms. The van der Waals surface area contributed by atoms with Crippen LogP contribution >= 0.6 is 22.9 Å². The molecule has 102 valence electrons. The Kier molecular flexibility index (Phi) is 5.04. The number of rotatable bonds is 4. The van der Waals surface area contributed by atoms with Gasteiger partial charge in [0.2, 0.25) is 0 Å². The highest BCUT2D eigenvalue weighted by atomic mass is 35.5. The molecule has 1 aliphatic heterocycles. The second-order valence-electron chi connectivity index (χ2n) is 5.21. The lowest BCUT2D eigenvalue weighted by atomic mass is 10.1. The number of nitrogens with zero attached hydrogens (tertiary/aromatic N) is 2. The lowest BCUT2D eigenvalue weighted by Gasteiger charge is -2.38. The van der Waals surface area contributed by atoms with Gasteiger partial charge in [0.15, 0.2) is 0 Å². The summed E-state index contributed by atoms with van der Waals surface area (Å²) in [6, 6.07) is 3.02. The molecule has 0 amide bonds. The number of hydrogen-bond acceptors (Lipinski definition) is 4. The van der Waals surface area contributed by atoms with Crippen LogP contribution in [-0.2, 0) is 0 Å². The van der Waals surface area contributed by atoms with Crippen molar-refractivity contribution in [2.24, 2.45) is 0 Å². The fourth-order valence-electron chi connectivity index (χ4n) is 2.30. The van der Waals surface area contributed by atoms with Crippen molar-refractivity contribution in [3.63, 3.8) is 0 Å². The molecular formula is C13H22ClN3S. The molecule has 1 aromatic heterocycles. The molecule has 0 bridgehead atoms. The molecule has 1 aliphatic rings. The Morgan fingerprint density at radius 2 is 2.28 bits per heavy atom. The van der Waals surface area contributed by atoms with Crippen molar-refractivity contribution in [3.8, 4) is 0 Å². The van der Waals surface area contributed by atoms with Crippen molar-refractivity contribution in [2.75, 3.05) is 40.3 Å². The minimum Gasteiger partial charge on any atom is -0.309 e. The molecule has 2 rings (SSSR count). The van der Waals surface area contributed by atoms with Crippen LogP contribution in [0.4, 0.5) is 0 Å². The van der Waals surface area contributed by atoms with E-state index in [0.717, 1.165) is 24.0 Å². The first-order valence-corrected chi connectivity index (χ1v) is 7.68. The maximum absolute atomic E-state index is 5.97. The van der Waals surface area contributed by atoms with E-state index in [9.17, 15) is 0 Å². The van der Waals surface area contributed by atoms with Crippen LogP contribution in [-0.4, -0.2) is 56.1 Å². The summed E-state index contributed by atoms with van der Waals surface area (Å²) in [5, 5.41) is 5.75. The zero-order chi connectivity index (χ0) is 13.1. The van der Waals surface area contributed by atoms with Crippen LogP contribution in [0.5, 0.6) is 0 Å². The fraction of sp³-hybridized carbons (Fsp3) is 0.692. The normalized spacial score (nSPS) is 24.3. The maximum atomic E-state index is 5.97. The molecule has 2 heterocycles. The van der Waals surface area contributed by atoms with E-state index in [1.165, 1.54) is 12.1 Å². The third-order valence-electron chi connectivity index (χ3n) is 3.73. The molecule has 0 spiro atoms. The van der Waals surface area contributed by atoms with E-state index in [2.05, 4.69) is 47.6 Å². The summed E-state index contributed by atoms with van der Waals surface area (Å²) < 4.78 is 0.869. The third-order valence-corrected chi connectivity index (χ3v) is 4.84. The largest absolute Gasteiger partial charge is 0.309 e. The van der Waals surface area contributed by atoms with E-state index in [1.807, 2.05) is 0 Å². The summed E-state index contributed by atoms with van der Waals surface area (Å²) >= 11 is 7.57. The van der Waals surface area contributed by atoms with Crippen molar-refractivity contribution in [1.29, 1.82) is 0 Å². The highest BCUT2D eigenvalue weighted by Crippen LogP contribution is 2.24. The van der Waals surface area contributed by atoms with Gasteiger partial charge in [0.05, 0.1) is 4.34 Å². The van der Waals surface area contributed by atoms with Crippen molar-refractivity contribution >= 4 is 22.9 Å². The highest BCUT2D eigenvalue weighted by Gasteiger charge is 2.22. The Labute approximate surface area is 119 Å². The van der Waals surface area contributed by atoms with Gasteiger partial charge in [-0.05, 0) is 38.0 Å². The van der Waals surface area contributed by atoms with Crippen LogP contribution in [0, 0.1) is 0 Å². The summed E-state index contributed by atoms with van der Waals surface area (Å²) in [7, 11) is 4.41. The predicted molar refractivity (Wildman–Crippen MR) is 79.7 cm³/mol. The smallest absolute Gasteiger partial charge is 0.0931 e. The fourth-order valence-corrected chi connectivity index (χ4v) is 3.29. The van der Waals surface area contributed by atoms with Gasteiger partial charge in [0.1, 0.15) is 0 Å². The molecule has 0 aliphatic carbocycles. The van der Waals surface area contributed by atoms with E-state index in [4.69, 9.17) is 11.6 Å². The minimum absolute atomic E-state index is 0.370. The first-order valence-electron chi connectivity index (χ1n) is 6.42. The highest BCUT2D eigenvalue weighted by molar-refractivity contribution is 7.14. The van der Waals surface area contributed by atoms with Gasteiger partial charge in [-0.1, -0.05) is 11.6 Å². The first kappa shape index (κ1) is 14.3. The third kappa shape index (κ3) is 3.68. The van der Waals surface area contributed by atoms with Gasteiger partial charge in [-0.3, -0.25) is 4.90 Å². The van der Waals surface area contributed by atoms with E-state index in [1.54, 1.807) is 11.3 Å². The Hall–Kier alpha value is -0.130. The van der Waals surface area contributed by atoms with Gasteiger partial charge in [0.25, 0.3) is 0 Å². The minimum atomic E-state index is 0.370. The Balaban J connectivity index is 1.83. The Bertz CT molecular complexity index is 382. The monoisotopic (exact) mass is 287 g/mol. The van der Waals surface area contributed by atoms with Gasteiger partial charge in [-0.15, -0.1) is 11.3 Å². The quantitative estimate of drug-likeness (QED) is 0.917. The molecular weight excluding hydrogens is 266 g/mol. The Morgan fingerprint density at radius 1 is 1.50 bits per heavy atom. The van der Waals surface area contributed by atoms with Crippen molar-refractivity contribution in [1.82, 2.24) is 15.1 Å². The van der Waals surface area contributed by atoms with Crippen LogP contribution in [0.2, 0.25) is 4.34 Å². The zero-order valence-corrected chi connectivity index (χ0v) is 12.9. The molecule has 1 saturated heterocycles. The lowest BCUT2D eigenvalue weighted by Crippen LogP contribution is -2.53. The second kappa shape index (κ2) is 6.35. The molecule has 2 atom stereocenters. The van der Waals surface area contributed by atoms with E-state index in [0.29, 0.717) is 12.1 Å². The van der Waals surface area contributed by atoms with Crippen LogP contribution in [0.25, 0.3) is 0 Å². The molecule has 0 saturated carbocycles. The molecule has 0 aromatic carbocycles. The summed E-state index contributed by atoms with van der Waals surface area (Å²) in [6.07, 6.45) is 0. The van der Waals surface area contributed by atoms with Gasteiger partial charge in [0, 0.05) is 38.3 Å². The van der Waals surface area contributed by atoms with Gasteiger partial charge >= 0.3 is 0 Å². The van der Waals surface area contributed by atoms with Gasteiger partial charge < -0.3 is 10.2 Å². The predicted octanol–water partition coefficient (Wildman–Crippen LogP) is 2.30. The van der Waals surface area contributed by atoms with Crippen molar-refractivity contribution in [3.05, 3.63) is 21.3 Å². The average Bonchev–Trinajstić information content (AvgIpc) is 2.77. The van der Waals surface area contributed by atoms with Crippen LogP contribution in [0.3, 0.4) is 0 Å². The summed E-state index contributed by atoms with van der Waals surface area (Å²) in [5.74, 6) is 0. The van der Waals surface area contributed by atoms with Gasteiger partial charge in [-0.25, -0.2) is 0 Å². The van der Waals surface area contributed by atoms with Crippen LogP contribution in [0.1, 0.15) is 18.5 Å². The number of likely N-dealkylation sites (N-methyl/N-ethyl adjacent to an activating group) is 2. The number of piperazine rings is 1.